The van der Waals surface area contributed by atoms with E-state index in [2.05, 4.69) is 35.9 Å². The van der Waals surface area contributed by atoms with Crippen LogP contribution in [-0.2, 0) is 5.60 Å². The van der Waals surface area contributed by atoms with E-state index in [9.17, 15) is 5.11 Å². The largest absolute Gasteiger partial charge is 0.383 e. The minimum atomic E-state index is -0.785. The highest BCUT2D eigenvalue weighted by Crippen LogP contribution is 2.35. The van der Waals surface area contributed by atoms with E-state index in [1.807, 2.05) is 24.4 Å². The second-order valence-corrected chi connectivity index (χ2v) is 6.04. The van der Waals surface area contributed by atoms with Gasteiger partial charge in [-0.3, -0.25) is 4.98 Å². The molecule has 3 nitrogen and oxygen atoms in total. The van der Waals surface area contributed by atoms with Crippen molar-refractivity contribution in [3.63, 3.8) is 0 Å². The molecule has 1 aliphatic heterocycles. The molecule has 0 aliphatic carbocycles. The Morgan fingerprint density at radius 1 is 1.15 bits per heavy atom. The van der Waals surface area contributed by atoms with E-state index in [0.717, 1.165) is 42.4 Å². The number of hydrogen-bond acceptors (Lipinski definition) is 3. The number of aliphatic hydroxyl groups is 1. The summed E-state index contributed by atoms with van der Waals surface area (Å²) in [6.07, 6.45) is 3.32. The molecule has 3 heteroatoms. The number of aromatic nitrogens is 1. The van der Waals surface area contributed by atoms with Gasteiger partial charge in [0.25, 0.3) is 0 Å². The zero-order valence-electron chi connectivity index (χ0n) is 12.2. The fourth-order valence-electron chi connectivity index (χ4n) is 3.14. The lowest BCUT2D eigenvalue weighted by Gasteiger charge is -2.40. The van der Waals surface area contributed by atoms with Crippen LogP contribution in [0.5, 0.6) is 0 Å². The average Bonchev–Trinajstić information content (AvgIpc) is 2.47. The number of rotatable bonds is 2. The predicted molar refractivity (Wildman–Crippen MR) is 81.6 cm³/mol. The maximum Gasteiger partial charge on any atom is 0.110 e. The quantitative estimate of drug-likeness (QED) is 0.911. The number of nitrogens with zero attached hydrogens (tertiary/aromatic N) is 2. The third-order valence-electron chi connectivity index (χ3n) is 4.47. The minimum Gasteiger partial charge on any atom is -0.383 e. The summed E-state index contributed by atoms with van der Waals surface area (Å²) in [5, 5.41) is 13.3. The Balaban J connectivity index is 1.95. The summed E-state index contributed by atoms with van der Waals surface area (Å²) in [6, 6.07) is 10.7. The van der Waals surface area contributed by atoms with Gasteiger partial charge in [-0.15, -0.1) is 0 Å². The molecule has 1 aromatic carbocycles. The highest BCUT2D eigenvalue weighted by Gasteiger charge is 2.36. The number of piperidine rings is 1. The number of fused-ring (bicyclic) bond motifs is 1. The van der Waals surface area contributed by atoms with Gasteiger partial charge in [-0.2, -0.15) is 0 Å². The standard InChI is InChI=1S/C17H22N2O/c1-13(2)19-11-8-17(20,9-12-19)16-15-6-4-3-5-14(15)7-10-18-16/h3-7,10,13,20H,8-9,11-12H2,1-2H3. The maximum atomic E-state index is 11.1. The fraction of sp³-hybridized carbons (Fsp3) is 0.471. The van der Waals surface area contributed by atoms with Gasteiger partial charge in [0.05, 0.1) is 5.69 Å². The van der Waals surface area contributed by atoms with Crippen LogP contribution in [0, 0.1) is 0 Å². The van der Waals surface area contributed by atoms with Crippen molar-refractivity contribution in [1.29, 1.82) is 0 Å². The van der Waals surface area contributed by atoms with Gasteiger partial charge in [0.15, 0.2) is 0 Å². The number of pyridine rings is 1. The highest BCUT2D eigenvalue weighted by atomic mass is 16.3. The molecule has 1 N–H and O–H groups in total. The van der Waals surface area contributed by atoms with E-state index in [1.54, 1.807) is 0 Å². The Labute approximate surface area is 120 Å². The summed E-state index contributed by atoms with van der Waals surface area (Å²) in [7, 11) is 0. The molecular weight excluding hydrogens is 248 g/mol. The van der Waals surface area contributed by atoms with Gasteiger partial charge < -0.3 is 10.0 Å². The predicted octanol–water partition coefficient (Wildman–Crippen LogP) is 2.93. The SMILES string of the molecule is CC(C)N1CCC(O)(c2nccc3ccccc23)CC1. The van der Waals surface area contributed by atoms with Crippen molar-refractivity contribution in [3.05, 3.63) is 42.2 Å². The summed E-state index contributed by atoms with van der Waals surface area (Å²) < 4.78 is 0. The Kier molecular flexibility index (Phi) is 3.48. The number of benzene rings is 1. The van der Waals surface area contributed by atoms with Crippen LogP contribution < -0.4 is 0 Å². The van der Waals surface area contributed by atoms with E-state index in [-0.39, 0.29) is 0 Å². The van der Waals surface area contributed by atoms with Gasteiger partial charge in [-0.05, 0) is 38.1 Å². The zero-order chi connectivity index (χ0) is 14.2. The fourth-order valence-corrected chi connectivity index (χ4v) is 3.14. The first kappa shape index (κ1) is 13.5. The van der Waals surface area contributed by atoms with Crippen LogP contribution in [0.3, 0.4) is 0 Å². The van der Waals surface area contributed by atoms with Crippen LogP contribution >= 0.6 is 0 Å². The summed E-state index contributed by atoms with van der Waals surface area (Å²) in [6.45, 7) is 6.28. The van der Waals surface area contributed by atoms with Crippen molar-refractivity contribution >= 4 is 10.8 Å². The summed E-state index contributed by atoms with van der Waals surface area (Å²) in [5.74, 6) is 0. The summed E-state index contributed by atoms with van der Waals surface area (Å²) in [5.41, 5.74) is 0.0608. The van der Waals surface area contributed by atoms with Crippen molar-refractivity contribution in [2.24, 2.45) is 0 Å². The van der Waals surface area contributed by atoms with E-state index in [0.29, 0.717) is 6.04 Å². The van der Waals surface area contributed by atoms with E-state index >= 15 is 0 Å². The van der Waals surface area contributed by atoms with Gasteiger partial charge in [-0.1, -0.05) is 24.3 Å². The zero-order valence-corrected chi connectivity index (χ0v) is 12.2. The normalized spacial score (nSPS) is 19.6. The monoisotopic (exact) mass is 270 g/mol. The van der Waals surface area contributed by atoms with Crippen LogP contribution in [0.25, 0.3) is 10.8 Å². The Bertz CT molecular complexity index is 595. The van der Waals surface area contributed by atoms with E-state index < -0.39 is 5.60 Å². The Morgan fingerprint density at radius 3 is 2.55 bits per heavy atom. The molecule has 0 atom stereocenters. The smallest absolute Gasteiger partial charge is 0.110 e. The third-order valence-corrected chi connectivity index (χ3v) is 4.47. The summed E-state index contributed by atoms with van der Waals surface area (Å²) >= 11 is 0. The molecule has 2 heterocycles. The first-order valence-corrected chi connectivity index (χ1v) is 7.41. The molecule has 1 fully saturated rings. The van der Waals surface area contributed by atoms with Gasteiger partial charge in [0.2, 0.25) is 0 Å². The maximum absolute atomic E-state index is 11.1. The Hall–Kier alpha value is -1.45. The second kappa shape index (κ2) is 5.15. The molecule has 3 rings (SSSR count). The third kappa shape index (κ3) is 2.32. The molecule has 0 radical (unpaired) electrons. The molecule has 0 saturated carbocycles. The average molecular weight is 270 g/mol. The molecule has 1 aliphatic rings. The molecule has 0 amide bonds. The van der Waals surface area contributed by atoms with E-state index in [1.165, 1.54) is 0 Å². The minimum absolute atomic E-state index is 0.542. The number of likely N-dealkylation sites (tertiary alicyclic amines) is 1. The van der Waals surface area contributed by atoms with Crippen molar-refractivity contribution in [3.8, 4) is 0 Å². The first-order valence-electron chi connectivity index (χ1n) is 7.41. The van der Waals surface area contributed by atoms with Gasteiger partial charge in [-0.25, -0.2) is 0 Å². The highest BCUT2D eigenvalue weighted by molar-refractivity contribution is 5.85. The molecule has 0 spiro atoms. The number of hydrogen-bond donors (Lipinski definition) is 1. The Morgan fingerprint density at radius 2 is 1.85 bits per heavy atom. The molecule has 1 aromatic heterocycles. The molecule has 2 aromatic rings. The van der Waals surface area contributed by atoms with Crippen molar-refractivity contribution < 1.29 is 5.11 Å². The van der Waals surface area contributed by atoms with Crippen molar-refractivity contribution in [2.45, 2.75) is 38.3 Å². The first-order chi connectivity index (χ1) is 9.60. The summed E-state index contributed by atoms with van der Waals surface area (Å²) in [4.78, 5) is 6.92. The lowest BCUT2D eigenvalue weighted by Crippen LogP contribution is -2.45. The van der Waals surface area contributed by atoms with Crippen molar-refractivity contribution in [1.82, 2.24) is 9.88 Å². The van der Waals surface area contributed by atoms with Crippen LogP contribution in [0.2, 0.25) is 0 Å². The lowest BCUT2D eigenvalue weighted by molar-refractivity contribution is -0.0343. The molecule has 0 bridgehead atoms. The lowest BCUT2D eigenvalue weighted by atomic mass is 9.85. The van der Waals surface area contributed by atoms with Crippen LogP contribution in [0.15, 0.2) is 36.5 Å². The topological polar surface area (TPSA) is 36.4 Å². The van der Waals surface area contributed by atoms with Gasteiger partial charge >= 0.3 is 0 Å². The molecule has 20 heavy (non-hydrogen) atoms. The molecule has 0 unspecified atom stereocenters. The molecule has 106 valence electrons. The molecule has 1 saturated heterocycles. The van der Waals surface area contributed by atoms with Crippen LogP contribution in [0.1, 0.15) is 32.4 Å². The van der Waals surface area contributed by atoms with Gasteiger partial charge in [0, 0.05) is 30.7 Å². The van der Waals surface area contributed by atoms with Crippen LogP contribution in [0.4, 0.5) is 0 Å². The van der Waals surface area contributed by atoms with Crippen molar-refractivity contribution in [2.75, 3.05) is 13.1 Å². The van der Waals surface area contributed by atoms with E-state index in [4.69, 9.17) is 0 Å². The molecular formula is C17H22N2O. The second-order valence-electron chi connectivity index (χ2n) is 6.04. The van der Waals surface area contributed by atoms with Crippen LogP contribution in [-0.4, -0.2) is 34.1 Å². The van der Waals surface area contributed by atoms with Gasteiger partial charge in [0.1, 0.15) is 5.60 Å².